The number of rotatable bonds is 5. The van der Waals surface area contributed by atoms with Gasteiger partial charge in [-0.2, -0.15) is 33.7 Å². The standard InChI is InChI=1S/C32H39N7O4S5/c1-28(2)17-19-5-4-15-33-21-6-3-7-24(34-21)48(41,42)37-26(40)20-8-9-22(35-25(20)38(28)18-19)39-16-10-23(36-39)43-32(46,47)31(44,45)27-29(11-12-29)30(27)13-14-30/h3,6-10,16,19,27,44-47H,4-5,11-15,17-18H2,1-2H3,(H,33,34)(H,37,40)/t19-/m0/s1. The monoisotopic (exact) mass is 745 g/mol. The maximum atomic E-state index is 13.7. The lowest BCUT2D eigenvalue weighted by Gasteiger charge is -2.38. The Balaban J connectivity index is 1.11. The first-order valence-electron chi connectivity index (χ1n) is 16.3. The van der Waals surface area contributed by atoms with Crippen molar-refractivity contribution in [1.29, 1.82) is 0 Å². The van der Waals surface area contributed by atoms with E-state index in [1.54, 1.807) is 41.2 Å². The van der Waals surface area contributed by atoms with Gasteiger partial charge in [-0.05, 0) is 99.8 Å². The molecule has 4 fully saturated rings. The number of thiol groups is 4. The van der Waals surface area contributed by atoms with Gasteiger partial charge in [0, 0.05) is 36.8 Å². The number of pyridine rings is 2. The summed E-state index contributed by atoms with van der Waals surface area (Å²) in [6, 6.07) is 9.60. The Kier molecular flexibility index (Phi) is 7.45. The van der Waals surface area contributed by atoms with Crippen LogP contribution in [-0.4, -0.2) is 61.0 Å². The van der Waals surface area contributed by atoms with Gasteiger partial charge in [0.05, 0.1) is 5.56 Å². The number of carbonyl (C=O) groups is 1. The van der Waals surface area contributed by atoms with Crippen molar-refractivity contribution in [3.8, 4) is 11.7 Å². The van der Waals surface area contributed by atoms with Crippen LogP contribution in [0.25, 0.3) is 5.82 Å². The Bertz CT molecular complexity index is 1900. The largest absolute Gasteiger partial charge is 0.447 e. The second-order valence-corrected chi connectivity index (χ2v) is 19.7. The van der Waals surface area contributed by atoms with E-state index in [4.69, 9.17) is 60.2 Å². The maximum Gasteiger partial charge on any atom is 0.281 e. The Morgan fingerprint density at radius 3 is 2.44 bits per heavy atom. The van der Waals surface area contributed by atoms with E-state index in [-0.39, 0.29) is 27.9 Å². The first-order chi connectivity index (χ1) is 22.6. The molecule has 3 aromatic heterocycles. The molecule has 5 aliphatic rings. The van der Waals surface area contributed by atoms with Crippen molar-refractivity contribution in [1.82, 2.24) is 24.5 Å². The Morgan fingerprint density at radius 1 is 1.00 bits per heavy atom. The Labute approximate surface area is 302 Å². The third kappa shape index (κ3) is 5.22. The quantitative estimate of drug-likeness (QED) is 0.154. The molecule has 3 aromatic rings. The molecule has 1 saturated heterocycles. The lowest BCUT2D eigenvalue weighted by atomic mass is 9.93. The maximum absolute atomic E-state index is 13.7. The van der Waals surface area contributed by atoms with Crippen molar-refractivity contribution in [2.75, 3.05) is 23.3 Å². The van der Waals surface area contributed by atoms with Crippen LogP contribution >= 0.6 is 50.5 Å². The molecule has 1 amide bonds. The number of nitrogens with zero attached hydrogens (tertiary/aromatic N) is 5. The van der Waals surface area contributed by atoms with Crippen molar-refractivity contribution in [2.45, 2.75) is 77.7 Å². The van der Waals surface area contributed by atoms with Crippen LogP contribution in [0.15, 0.2) is 47.6 Å². The van der Waals surface area contributed by atoms with Crippen LogP contribution in [0.5, 0.6) is 5.88 Å². The van der Waals surface area contributed by atoms with E-state index in [0.29, 0.717) is 47.3 Å². The van der Waals surface area contributed by atoms with Gasteiger partial charge in [-0.15, -0.1) is 30.4 Å². The molecular weight excluding hydrogens is 707 g/mol. The van der Waals surface area contributed by atoms with Gasteiger partial charge in [-0.1, -0.05) is 6.07 Å². The summed E-state index contributed by atoms with van der Waals surface area (Å²) in [7, 11) is -4.27. The smallest absolute Gasteiger partial charge is 0.281 e. The van der Waals surface area contributed by atoms with E-state index in [2.05, 4.69) is 38.9 Å². The number of hydrogen-bond acceptors (Lipinski definition) is 13. The highest BCUT2D eigenvalue weighted by Gasteiger charge is 2.91. The number of hydrogen-bond donors (Lipinski definition) is 6. The zero-order valence-corrected chi connectivity index (χ0v) is 31.0. The Morgan fingerprint density at radius 2 is 1.73 bits per heavy atom. The van der Waals surface area contributed by atoms with Gasteiger partial charge in [0.15, 0.2) is 10.8 Å². The number of amides is 1. The van der Waals surface area contributed by atoms with Gasteiger partial charge in [0.2, 0.25) is 10.1 Å². The van der Waals surface area contributed by atoms with Crippen molar-refractivity contribution in [3.63, 3.8) is 0 Å². The molecule has 0 unspecified atom stereocenters. The number of sulfonamides is 1. The molecule has 2 aliphatic heterocycles. The fourth-order valence-corrected chi connectivity index (χ4v) is 11.1. The molecule has 1 atom stereocenters. The molecule has 16 heteroatoms. The van der Waals surface area contributed by atoms with Crippen LogP contribution in [0.2, 0.25) is 0 Å². The molecule has 5 heterocycles. The van der Waals surface area contributed by atoms with Crippen molar-refractivity contribution in [2.24, 2.45) is 22.7 Å². The molecule has 0 aromatic carbocycles. The summed E-state index contributed by atoms with van der Waals surface area (Å²) >= 11 is 19.6. The molecule has 2 N–H and O–H groups in total. The lowest BCUT2D eigenvalue weighted by Crippen LogP contribution is -2.45. The van der Waals surface area contributed by atoms with E-state index in [1.165, 1.54) is 31.7 Å². The predicted octanol–water partition coefficient (Wildman–Crippen LogP) is 5.23. The van der Waals surface area contributed by atoms with E-state index >= 15 is 0 Å². The first-order valence-corrected chi connectivity index (χ1v) is 19.6. The summed E-state index contributed by atoms with van der Waals surface area (Å²) in [5, 5.41) is 7.61. The van der Waals surface area contributed by atoms with Crippen LogP contribution in [-0.2, 0) is 10.0 Å². The number of nitrogens with one attached hydrogen (secondary N) is 2. The van der Waals surface area contributed by atoms with Crippen molar-refractivity contribution < 1.29 is 17.9 Å². The average molecular weight is 746 g/mol. The fourth-order valence-electron chi connectivity index (χ4n) is 8.65. The van der Waals surface area contributed by atoms with Crippen LogP contribution in [0, 0.1) is 22.7 Å². The summed E-state index contributed by atoms with van der Waals surface area (Å²) < 4.78 is 34.4. The highest BCUT2D eigenvalue weighted by atomic mass is 32.2. The Hall–Kier alpha value is -2.27. The second kappa shape index (κ2) is 10.9. The highest BCUT2D eigenvalue weighted by molar-refractivity contribution is 8.08. The summed E-state index contributed by atoms with van der Waals surface area (Å²) in [4.78, 5) is 25.0. The summed E-state index contributed by atoms with van der Waals surface area (Å²) in [5.74, 6) is 1.33. The van der Waals surface area contributed by atoms with Gasteiger partial charge < -0.3 is 15.0 Å². The number of aromatic nitrogens is 4. The number of anilines is 2. The molecular formula is C32H39N7O4S5. The van der Waals surface area contributed by atoms with Gasteiger partial charge in [0.25, 0.3) is 15.9 Å². The first kappa shape index (κ1) is 32.9. The molecule has 0 radical (unpaired) electrons. The van der Waals surface area contributed by atoms with Crippen LogP contribution in [0.4, 0.5) is 11.6 Å². The number of ether oxygens (including phenoxy) is 1. The minimum atomic E-state index is -4.27. The highest BCUT2D eigenvalue weighted by Crippen LogP contribution is 2.95. The minimum absolute atomic E-state index is 0.135. The number of carbonyl (C=O) groups excluding carboxylic acids is 1. The third-order valence-corrected chi connectivity index (χ3v) is 15.1. The van der Waals surface area contributed by atoms with E-state index < -0.39 is 24.3 Å². The summed E-state index contributed by atoms with van der Waals surface area (Å²) in [5.41, 5.74) is 0.398. The molecule has 256 valence electrons. The van der Waals surface area contributed by atoms with Gasteiger partial charge >= 0.3 is 0 Å². The third-order valence-electron chi connectivity index (χ3n) is 11.2. The molecule has 48 heavy (non-hydrogen) atoms. The predicted molar refractivity (Wildman–Crippen MR) is 196 cm³/mol. The molecule has 3 saturated carbocycles. The fraction of sp³-hybridized carbons (Fsp3) is 0.562. The van der Waals surface area contributed by atoms with Crippen molar-refractivity contribution in [3.05, 3.63) is 48.2 Å². The van der Waals surface area contributed by atoms with Gasteiger partial charge in [0.1, 0.15) is 15.7 Å². The van der Waals surface area contributed by atoms with Crippen LogP contribution < -0.4 is 19.7 Å². The second-order valence-electron chi connectivity index (χ2n) is 14.7. The molecule has 3 aliphatic carbocycles. The van der Waals surface area contributed by atoms with E-state index in [1.807, 2.05) is 0 Å². The topological polar surface area (TPSA) is 131 Å². The zero-order valence-electron chi connectivity index (χ0n) is 26.6. The molecule has 2 spiro atoms. The van der Waals surface area contributed by atoms with Gasteiger partial charge in [-0.3, -0.25) is 4.79 Å². The minimum Gasteiger partial charge on any atom is -0.447 e. The SMILES string of the molecule is CC1(C)C[C@@H]2CCCNc3cccc(n3)S(=O)(=O)NC(=O)c3ccc(-n4ccc(OC(S)(S)C(S)(S)C5C6(CC6)C56CC6)n4)nc3N1C2. The molecule has 8 rings (SSSR count). The van der Waals surface area contributed by atoms with E-state index in [9.17, 15) is 13.2 Å². The van der Waals surface area contributed by atoms with Crippen LogP contribution in [0.1, 0.15) is 69.2 Å². The van der Waals surface area contributed by atoms with Gasteiger partial charge in [-0.25, -0.2) is 19.4 Å². The number of fused-ring (bicyclic) bond motifs is 7. The summed E-state index contributed by atoms with van der Waals surface area (Å²) in [6.45, 7) is 5.54. The lowest BCUT2D eigenvalue weighted by molar-refractivity contribution is 0.0981. The average Bonchev–Trinajstić information content (AvgIpc) is 3.97. The van der Waals surface area contributed by atoms with Crippen molar-refractivity contribution >= 4 is 78.1 Å². The molecule has 4 bridgehead atoms. The normalized spacial score (nSPS) is 25.0. The molecule has 11 nitrogen and oxygen atoms in total. The zero-order chi connectivity index (χ0) is 33.9. The van der Waals surface area contributed by atoms with E-state index in [0.717, 1.165) is 19.3 Å². The summed E-state index contributed by atoms with van der Waals surface area (Å²) in [6.07, 6.45) is 9.18. The van der Waals surface area contributed by atoms with Crippen LogP contribution in [0.3, 0.4) is 0 Å².